The van der Waals surface area contributed by atoms with Crippen LogP contribution in [0.15, 0.2) is 27.5 Å². The molecule has 7 nitrogen and oxygen atoms in total. The number of anilines is 1. The van der Waals surface area contributed by atoms with E-state index >= 15 is 0 Å². The van der Waals surface area contributed by atoms with E-state index in [1.807, 2.05) is 6.92 Å². The van der Waals surface area contributed by atoms with Crippen molar-refractivity contribution in [2.75, 3.05) is 4.72 Å². The SMILES string of the molecule is CCc1nnc(-c2c(C)c(S(=O)(=O)Nc3ccc(F)cc3C)c(C)n2C)o1. The van der Waals surface area contributed by atoms with Crippen molar-refractivity contribution in [1.29, 1.82) is 0 Å². The molecule has 0 bridgehead atoms. The van der Waals surface area contributed by atoms with Gasteiger partial charge in [-0.15, -0.1) is 10.2 Å². The van der Waals surface area contributed by atoms with Crippen molar-refractivity contribution in [1.82, 2.24) is 14.8 Å². The molecule has 1 aromatic carbocycles. The number of aromatic nitrogens is 3. The van der Waals surface area contributed by atoms with Gasteiger partial charge in [0, 0.05) is 24.7 Å². The number of rotatable bonds is 5. The van der Waals surface area contributed by atoms with Crippen molar-refractivity contribution >= 4 is 15.7 Å². The Kier molecular flexibility index (Phi) is 4.81. The topological polar surface area (TPSA) is 90.0 Å². The van der Waals surface area contributed by atoms with E-state index < -0.39 is 15.8 Å². The second-order valence-electron chi connectivity index (χ2n) is 6.37. The molecule has 0 saturated heterocycles. The van der Waals surface area contributed by atoms with Crippen LogP contribution in [0.5, 0.6) is 0 Å². The molecule has 0 aliphatic carbocycles. The molecule has 0 radical (unpaired) electrons. The molecule has 27 heavy (non-hydrogen) atoms. The second-order valence-corrected chi connectivity index (χ2v) is 7.99. The summed E-state index contributed by atoms with van der Waals surface area (Å²) in [5.74, 6) is 0.329. The van der Waals surface area contributed by atoms with E-state index in [1.54, 1.807) is 32.4 Å². The zero-order chi connectivity index (χ0) is 19.9. The van der Waals surface area contributed by atoms with Crippen molar-refractivity contribution in [2.24, 2.45) is 7.05 Å². The van der Waals surface area contributed by atoms with Crippen LogP contribution in [-0.4, -0.2) is 23.2 Å². The van der Waals surface area contributed by atoms with Gasteiger partial charge < -0.3 is 8.98 Å². The van der Waals surface area contributed by atoms with Crippen molar-refractivity contribution in [2.45, 2.75) is 39.0 Å². The molecule has 2 heterocycles. The lowest BCUT2D eigenvalue weighted by molar-refractivity contribution is 0.508. The molecule has 0 saturated carbocycles. The highest BCUT2D eigenvalue weighted by Crippen LogP contribution is 2.33. The van der Waals surface area contributed by atoms with E-state index in [9.17, 15) is 12.8 Å². The minimum Gasteiger partial charge on any atom is -0.419 e. The van der Waals surface area contributed by atoms with Crippen molar-refractivity contribution in [3.63, 3.8) is 0 Å². The third-order valence-electron chi connectivity index (χ3n) is 4.54. The number of hydrogen-bond acceptors (Lipinski definition) is 5. The Balaban J connectivity index is 2.09. The van der Waals surface area contributed by atoms with Crippen LogP contribution in [0.4, 0.5) is 10.1 Å². The molecular weight excluding hydrogens is 371 g/mol. The van der Waals surface area contributed by atoms with Gasteiger partial charge in [0.1, 0.15) is 16.4 Å². The monoisotopic (exact) mass is 392 g/mol. The fourth-order valence-corrected chi connectivity index (χ4v) is 4.73. The van der Waals surface area contributed by atoms with E-state index in [0.29, 0.717) is 40.5 Å². The van der Waals surface area contributed by atoms with Gasteiger partial charge >= 0.3 is 0 Å². The van der Waals surface area contributed by atoms with Gasteiger partial charge in [-0.25, -0.2) is 12.8 Å². The highest BCUT2D eigenvalue weighted by atomic mass is 32.2. The molecule has 0 spiro atoms. The van der Waals surface area contributed by atoms with Crippen LogP contribution in [0.25, 0.3) is 11.6 Å². The average Bonchev–Trinajstić information content (AvgIpc) is 3.13. The quantitative estimate of drug-likeness (QED) is 0.718. The van der Waals surface area contributed by atoms with E-state index in [0.717, 1.165) is 0 Å². The first-order chi connectivity index (χ1) is 12.7. The Morgan fingerprint density at radius 2 is 1.93 bits per heavy atom. The fraction of sp³-hybridized carbons (Fsp3) is 0.333. The third-order valence-corrected chi connectivity index (χ3v) is 6.16. The number of benzene rings is 1. The van der Waals surface area contributed by atoms with Crippen LogP contribution in [0, 0.1) is 26.6 Å². The highest BCUT2D eigenvalue weighted by Gasteiger charge is 2.29. The van der Waals surface area contributed by atoms with E-state index in [-0.39, 0.29) is 10.8 Å². The van der Waals surface area contributed by atoms with Gasteiger partial charge in [0.2, 0.25) is 5.89 Å². The Bertz CT molecular complexity index is 1120. The molecule has 0 aliphatic heterocycles. The number of aryl methyl sites for hydroxylation is 2. The first kappa shape index (κ1) is 19.1. The van der Waals surface area contributed by atoms with Gasteiger partial charge in [-0.05, 0) is 44.5 Å². The maximum atomic E-state index is 13.3. The van der Waals surface area contributed by atoms with Crippen LogP contribution in [0.1, 0.15) is 29.6 Å². The minimum atomic E-state index is -3.90. The van der Waals surface area contributed by atoms with E-state index in [1.165, 1.54) is 18.2 Å². The fourth-order valence-electron chi connectivity index (χ4n) is 3.08. The lowest BCUT2D eigenvalue weighted by Gasteiger charge is -2.11. The van der Waals surface area contributed by atoms with Gasteiger partial charge in [-0.3, -0.25) is 4.72 Å². The lowest BCUT2D eigenvalue weighted by Crippen LogP contribution is -2.15. The van der Waals surface area contributed by atoms with Crippen molar-refractivity contribution in [3.8, 4) is 11.6 Å². The first-order valence-corrected chi connectivity index (χ1v) is 9.91. The van der Waals surface area contributed by atoms with Gasteiger partial charge in [-0.2, -0.15) is 0 Å². The normalized spacial score (nSPS) is 11.8. The molecule has 1 N–H and O–H groups in total. The molecule has 0 amide bonds. The molecule has 0 atom stereocenters. The highest BCUT2D eigenvalue weighted by molar-refractivity contribution is 7.92. The molecule has 3 aromatic rings. The van der Waals surface area contributed by atoms with Crippen molar-refractivity contribution < 1.29 is 17.2 Å². The predicted octanol–water partition coefficient (Wildman–Crippen LogP) is 3.50. The average molecular weight is 392 g/mol. The number of nitrogens with zero attached hydrogens (tertiary/aromatic N) is 3. The molecule has 0 aliphatic rings. The van der Waals surface area contributed by atoms with Crippen LogP contribution in [-0.2, 0) is 23.5 Å². The van der Waals surface area contributed by atoms with Crippen LogP contribution >= 0.6 is 0 Å². The smallest absolute Gasteiger partial charge is 0.264 e. The lowest BCUT2D eigenvalue weighted by atomic mass is 10.2. The second kappa shape index (κ2) is 6.80. The molecular formula is C18H21FN4O3S. The molecule has 144 valence electrons. The Morgan fingerprint density at radius 3 is 2.52 bits per heavy atom. The van der Waals surface area contributed by atoms with Gasteiger partial charge in [0.15, 0.2) is 0 Å². The summed E-state index contributed by atoms with van der Waals surface area (Å²) in [6.45, 7) is 6.94. The molecule has 3 rings (SSSR count). The summed E-state index contributed by atoms with van der Waals surface area (Å²) >= 11 is 0. The zero-order valence-corrected chi connectivity index (χ0v) is 16.6. The Morgan fingerprint density at radius 1 is 1.22 bits per heavy atom. The van der Waals surface area contributed by atoms with Gasteiger partial charge in [0.25, 0.3) is 15.9 Å². The Labute approximate surface area is 157 Å². The Hall–Kier alpha value is -2.68. The van der Waals surface area contributed by atoms with Gasteiger partial charge in [-0.1, -0.05) is 6.92 Å². The summed E-state index contributed by atoms with van der Waals surface area (Å²) in [7, 11) is -2.16. The number of hydrogen-bond donors (Lipinski definition) is 1. The standard InChI is InChI=1S/C18H21FN4O3S/c1-6-15-20-21-18(26-15)16-11(3)17(12(4)23(16)5)27(24,25)22-14-8-7-13(19)9-10(14)2/h7-9,22H,6H2,1-5H3. The van der Waals surface area contributed by atoms with Crippen LogP contribution < -0.4 is 4.72 Å². The number of sulfonamides is 1. The first-order valence-electron chi connectivity index (χ1n) is 8.43. The maximum Gasteiger partial charge on any atom is 0.264 e. The van der Waals surface area contributed by atoms with E-state index in [4.69, 9.17) is 4.42 Å². The molecule has 9 heteroatoms. The zero-order valence-electron chi connectivity index (χ0n) is 15.8. The summed E-state index contributed by atoms with van der Waals surface area (Å²) in [4.78, 5) is 0.139. The summed E-state index contributed by atoms with van der Waals surface area (Å²) in [6.07, 6.45) is 0.589. The minimum absolute atomic E-state index is 0.139. The predicted molar refractivity (Wildman–Crippen MR) is 99.5 cm³/mol. The number of nitrogens with one attached hydrogen (secondary N) is 1. The van der Waals surface area contributed by atoms with Gasteiger partial charge in [0.05, 0.1) is 5.69 Å². The molecule has 0 fully saturated rings. The third kappa shape index (κ3) is 3.34. The van der Waals surface area contributed by atoms with Crippen LogP contribution in [0.2, 0.25) is 0 Å². The summed E-state index contributed by atoms with van der Waals surface area (Å²) in [6, 6.07) is 3.90. The summed E-state index contributed by atoms with van der Waals surface area (Å²) in [5, 5.41) is 7.98. The largest absolute Gasteiger partial charge is 0.419 e. The summed E-state index contributed by atoms with van der Waals surface area (Å²) < 4.78 is 49.3. The maximum absolute atomic E-state index is 13.3. The van der Waals surface area contributed by atoms with E-state index in [2.05, 4.69) is 14.9 Å². The summed E-state index contributed by atoms with van der Waals surface area (Å²) in [5.41, 5.74) is 2.41. The van der Waals surface area contributed by atoms with Crippen molar-refractivity contribution in [3.05, 3.63) is 46.7 Å². The van der Waals surface area contributed by atoms with Crippen LogP contribution in [0.3, 0.4) is 0 Å². The molecule has 2 aromatic heterocycles. The number of halogens is 1. The molecule has 0 unspecified atom stereocenters.